The fourth-order valence-electron chi connectivity index (χ4n) is 0.854. The first kappa shape index (κ1) is 13.9. The Bertz CT molecular complexity index is 344. The van der Waals surface area contributed by atoms with E-state index in [0.717, 1.165) is 0 Å². The van der Waals surface area contributed by atoms with Crippen molar-refractivity contribution < 1.29 is 13.2 Å². The lowest BCUT2D eigenvalue weighted by Gasteiger charge is -2.10. The molecule has 0 spiro atoms. The summed E-state index contributed by atoms with van der Waals surface area (Å²) in [6.45, 7) is 6.83. The molecule has 0 bridgehead atoms. The minimum atomic E-state index is -3.39. The highest BCUT2D eigenvalue weighted by molar-refractivity contribution is 7.92. The summed E-state index contributed by atoms with van der Waals surface area (Å²) in [6, 6.07) is 0. The third-order valence-corrected chi connectivity index (χ3v) is 3.84. The number of hydrogen-bond acceptors (Lipinski definition) is 3. The number of carbonyl (C=O) groups is 1. The topological polar surface area (TPSA) is 63.2 Å². The van der Waals surface area contributed by atoms with Crippen molar-refractivity contribution in [1.82, 2.24) is 5.32 Å². The summed E-state index contributed by atoms with van der Waals surface area (Å²) in [5.74, 6) is -0.592. The highest BCUT2D eigenvalue weighted by Gasteiger charge is 2.25. The van der Waals surface area contributed by atoms with Crippen molar-refractivity contribution in [3.8, 4) is 0 Å². The second kappa shape index (κ2) is 6.40. The maximum Gasteiger partial charge on any atom is 0.238 e. The molecule has 0 rings (SSSR count). The summed E-state index contributed by atoms with van der Waals surface area (Å²) in [5.41, 5.74) is 0. The molecule has 0 saturated heterocycles. The number of carbonyl (C=O) groups excluding carboxylic acids is 1. The average Bonchev–Trinajstić information content (AvgIpc) is 2.21. The molecule has 0 aromatic carbocycles. The Kier molecular flexibility index (Phi) is 5.93. The molecule has 0 aliphatic rings. The fraction of sp³-hybridized carbons (Fsp3) is 0.500. The predicted molar refractivity (Wildman–Crippen MR) is 61.3 cm³/mol. The van der Waals surface area contributed by atoms with Gasteiger partial charge in [0.25, 0.3) is 0 Å². The maximum absolute atomic E-state index is 11.6. The van der Waals surface area contributed by atoms with Gasteiger partial charge in [0, 0.05) is 6.54 Å². The standard InChI is InChI=1S/C10H17NO3S/c1-4-6-8-15(13,14)9(3)10(12)11-7-5-2/h4-6,9H,2,7-8H2,1,3H3,(H,11,12)/b6-4+. The van der Waals surface area contributed by atoms with Crippen molar-refractivity contribution in [3.05, 3.63) is 24.8 Å². The molecule has 4 nitrogen and oxygen atoms in total. The summed E-state index contributed by atoms with van der Waals surface area (Å²) >= 11 is 0. The lowest BCUT2D eigenvalue weighted by atomic mass is 10.4. The van der Waals surface area contributed by atoms with Crippen LogP contribution in [0.25, 0.3) is 0 Å². The molecule has 0 aromatic rings. The number of rotatable bonds is 6. The van der Waals surface area contributed by atoms with Gasteiger partial charge in [0.1, 0.15) is 5.25 Å². The van der Waals surface area contributed by atoms with Crippen LogP contribution in [0.15, 0.2) is 24.8 Å². The zero-order valence-electron chi connectivity index (χ0n) is 9.06. The van der Waals surface area contributed by atoms with Gasteiger partial charge in [-0.1, -0.05) is 18.2 Å². The number of nitrogens with one attached hydrogen (secondary N) is 1. The van der Waals surface area contributed by atoms with Gasteiger partial charge in [-0.3, -0.25) is 4.79 Å². The second-order valence-corrected chi connectivity index (χ2v) is 5.44. The Hall–Kier alpha value is -1.10. The Balaban J connectivity index is 4.47. The molecule has 1 unspecified atom stereocenters. The number of hydrogen-bond donors (Lipinski definition) is 1. The molecular weight excluding hydrogens is 214 g/mol. The molecular formula is C10H17NO3S. The summed E-state index contributed by atoms with van der Waals surface area (Å²) in [4.78, 5) is 11.3. The smallest absolute Gasteiger partial charge is 0.238 e. The van der Waals surface area contributed by atoms with Crippen molar-refractivity contribution >= 4 is 15.7 Å². The first-order chi connectivity index (χ1) is 6.95. The van der Waals surface area contributed by atoms with Gasteiger partial charge in [0.2, 0.25) is 5.91 Å². The molecule has 0 heterocycles. The summed E-state index contributed by atoms with van der Waals surface area (Å²) in [7, 11) is -3.39. The van der Waals surface area contributed by atoms with Gasteiger partial charge >= 0.3 is 0 Å². The SMILES string of the molecule is C=CCNC(=O)C(C)S(=O)(=O)C/C=C/C. The van der Waals surface area contributed by atoms with E-state index < -0.39 is 21.0 Å². The Morgan fingerprint density at radius 2 is 2.13 bits per heavy atom. The van der Waals surface area contributed by atoms with Crippen molar-refractivity contribution in [1.29, 1.82) is 0 Å². The van der Waals surface area contributed by atoms with Gasteiger partial charge in [-0.25, -0.2) is 8.42 Å². The molecule has 15 heavy (non-hydrogen) atoms. The van der Waals surface area contributed by atoms with Gasteiger partial charge in [-0.05, 0) is 13.8 Å². The number of allylic oxidation sites excluding steroid dienone is 1. The van der Waals surface area contributed by atoms with E-state index in [1.54, 1.807) is 13.0 Å². The van der Waals surface area contributed by atoms with E-state index in [0.29, 0.717) is 0 Å². The van der Waals surface area contributed by atoms with Crippen LogP contribution in [0.2, 0.25) is 0 Å². The second-order valence-electron chi connectivity index (χ2n) is 3.07. The van der Waals surface area contributed by atoms with Gasteiger partial charge in [0.05, 0.1) is 5.75 Å². The van der Waals surface area contributed by atoms with Crippen LogP contribution in [-0.4, -0.2) is 31.9 Å². The molecule has 0 radical (unpaired) electrons. The van der Waals surface area contributed by atoms with E-state index in [4.69, 9.17) is 0 Å². The van der Waals surface area contributed by atoms with E-state index in [2.05, 4.69) is 11.9 Å². The molecule has 86 valence electrons. The zero-order valence-corrected chi connectivity index (χ0v) is 9.88. The van der Waals surface area contributed by atoms with Crippen molar-refractivity contribution in [2.24, 2.45) is 0 Å². The van der Waals surface area contributed by atoms with Gasteiger partial charge < -0.3 is 5.32 Å². The largest absolute Gasteiger partial charge is 0.352 e. The lowest BCUT2D eigenvalue weighted by molar-refractivity contribution is -0.120. The van der Waals surface area contributed by atoms with Crippen LogP contribution in [0, 0.1) is 0 Å². The lowest BCUT2D eigenvalue weighted by Crippen LogP contribution is -2.38. The van der Waals surface area contributed by atoms with Gasteiger partial charge in [0.15, 0.2) is 9.84 Å². The minimum absolute atomic E-state index is 0.105. The molecule has 1 amide bonds. The Morgan fingerprint density at radius 1 is 1.53 bits per heavy atom. The van der Waals surface area contributed by atoms with E-state index in [1.807, 2.05) is 0 Å². The Morgan fingerprint density at radius 3 is 2.60 bits per heavy atom. The normalized spacial score (nSPS) is 13.7. The Labute approximate surface area is 91.0 Å². The maximum atomic E-state index is 11.6. The molecule has 0 aliphatic heterocycles. The molecule has 1 atom stereocenters. The average molecular weight is 231 g/mol. The molecule has 1 N–H and O–H groups in total. The number of amides is 1. The van der Waals surface area contributed by atoms with Gasteiger partial charge in [-0.15, -0.1) is 6.58 Å². The summed E-state index contributed by atoms with van der Waals surface area (Å²) < 4.78 is 23.1. The van der Waals surface area contributed by atoms with Crippen LogP contribution in [-0.2, 0) is 14.6 Å². The van der Waals surface area contributed by atoms with Crippen LogP contribution in [0.5, 0.6) is 0 Å². The zero-order chi connectivity index (χ0) is 11.9. The molecule has 0 fully saturated rings. The third-order valence-electron chi connectivity index (χ3n) is 1.89. The first-order valence-electron chi connectivity index (χ1n) is 4.67. The van der Waals surface area contributed by atoms with Crippen LogP contribution < -0.4 is 5.32 Å². The van der Waals surface area contributed by atoms with Gasteiger partial charge in [-0.2, -0.15) is 0 Å². The van der Waals surface area contributed by atoms with Crippen LogP contribution in [0.1, 0.15) is 13.8 Å². The molecule has 5 heteroatoms. The van der Waals surface area contributed by atoms with Crippen LogP contribution in [0.4, 0.5) is 0 Å². The molecule has 0 saturated carbocycles. The van der Waals surface area contributed by atoms with Crippen molar-refractivity contribution in [3.63, 3.8) is 0 Å². The van der Waals surface area contributed by atoms with E-state index in [9.17, 15) is 13.2 Å². The highest BCUT2D eigenvalue weighted by Crippen LogP contribution is 2.02. The summed E-state index contributed by atoms with van der Waals surface area (Å²) in [6.07, 6.45) is 4.67. The van der Waals surface area contributed by atoms with Crippen molar-refractivity contribution in [2.45, 2.75) is 19.1 Å². The first-order valence-corrected chi connectivity index (χ1v) is 6.38. The minimum Gasteiger partial charge on any atom is -0.352 e. The molecule has 0 aromatic heterocycles. The van der Waals surface area contributed by atoms with E-state index in [1.165, 1.54) is 19.1 Å². The number of sulfone groups is 1. The van der Waals surface area contributed by atoms with E-state index >= 15 is 0 Å². The molecule has 0 aliphatic carbocycles. The van der Waals surface area contributed by atoms with E-state index in [-0.39, 0.29) is 12.3 Å². The monoisotopic (exact) mass is 231 g/mol. The fourth-order valence-corrected chi connectivity index (χ4v) is 2.01. The van der Waals surface area contributed by atoms with Crippen molar-refractivity contribution in [2.75, 3.05) is 12.3 Å². The third kappa shape index (κ3) is 4.78. The highest BCUT2D eigenvalue weighted by atomic mass is 32.2. The van der Waals surface area contributed by atoms with Crippen LogP contribution >= 0.6 is 0 Å². The quantitative estimate of drug-likeness (QED) is 0.683. The summed E-state index contributed by atoms with van der Waals surface area (Å²) in [5, 5.41) is 1.43. The predicted octanol–water partition coefficient (Wildman–Crippen LogP) is 0.668. The van der Waals surface area contributed by atoms with Crippen LogP contribution in [0.3, 0.4) is 0 Å².